The Morgan fingerprint density at radius 2 is 1.86 bits per heavy atom. The lowest BCUT2D eigenvalue weighted by Gasteiger charge is -2.32. The standard InChI is InChI=1S/C22H30BrN3O2S/c23-18-6-7-20-19(15-18)26(22(28)29-20)16-21(27)25-13-8-17(9-14-25)5-1-2-10-24-11-3-4-12-24/h6-7,15,17H,1-5,8-14,16H2. The van der Waals surface area contributed by atoms with Crippen LogP contribution < -0.4 is 4.87 Å². The highest BCUT2D eigenvalue weighted by Gasteiger charge is 2.24. The average molecular weight is 480 g/mol. The van der Waals surface area contributed by atoms with Gasteiger partial charge in [-0.25, -0.2) is 0 Å². The van der Waals surface area contributed by atoms with E-state index in [0.717, 1.165) is 46.5 Å². The van der Waals surface area contributed by atoms with Crippen LogP contribution in [0.3, 0.4) is 0 Å². The quantitative estimate of drug-likeness (QED) is 0.555. The summed E-state index contributed by atoms with van der Waals surface area (Å²) in [5, 5.41) is 0. The number of aromatic nitrogens is 1. The third-order valence-electron chi connectivity index (χ3n) is 6.43. The molecule has 0 radical (unpaired) electrons. The van der Waals surface area contributed by atoms with Gasteiger partial charge in [-0.2, -0.15) is 0 Å². The van der Waals surface area contributed by atoms with E-state index in [2.05, 4.69) is 20.8 Å². The van der Waals surface area contributed by atoms with Gasteiger partial charge < -0.3 is 9.80 Å². The van der Waals surface area contributed by atoms with Gasteiger partial charge in [0.05, 0.1) is 10.2 Å². The third kappa shape index (κ3) is 5.30. The lowest BCUT2D eigenvalue weighted by molar-refractivity contribution is -0.133. The first kappa shape index (κ1) is 21.1. The van der Waals surface area contributed by atoms with Crippen LogP contribution in [0.2, 0.25) is 0 Å². The number of thiazole rings is 1. The molecule has 0 unspecified atom stereocenters. The number of piperidine rings is 1. The summed E-state index contributed by atoms with van der Waals surface area (Å²) in [5.41, 5.74) is 0.843. The number of benzene rings is 1. The van der Waals surface area contributed by atoms with Gasteiger partial charge >= 0.3 is 4.87 Å². The molecule has 4 rings (SSSR count). The van der Waals surface area contributed by atoms with E-state index in [1.807, 2.05) is 23.1 Å². The van der Waals surface area contributed by atoms with Gasteiger partial charge in [-0.1, -0.05) is 40.1 Å². The zero-order valence-corrected chi connectivity index (χ0v) is 19.3. The number of amides is 1. The predicted octanol–water partition coefficient (Wildman–Crippen LogP) is 4.33. The minimum Gasteiger partial charge on any atom is -0.341 e. The van der Waals surface area contributed by atoms with Crippen molar-refractivity contribution in [1.29, 1.82) is 0 Å². The number of rotatable bonds is 7. The highest BCUT2D eigenvalue weighted by Crippen LogP contribution is 2.25. The summed E-state index contributed by atoms with van der Waals surface area (Å²) in [7, 11) is 0. The van der Waals surface area contributed by atoms with Crippen molar-refractivity contribution in [3.8, 4) is 0 Å². The van der Waals surface area contributed by atoms with Gasteiger partial charge in [0.15, 0.2) is 0 Å². The molecule has 7 heteroatoms. The second-order valence-electron chi connectivity index (χ2n) is 8.43. The lowest BCUT2D eigenvalue weighted by atomic mass is 9.91. The molecule has 2 aromatic rings. The third-order valence-corrected chi connectivity index (χ3v) is 7.88. The van der Waals surface area contributed by atoms with Crippen LogP contribution in [0.1, 0.15) is 44.9 Å². The Hall–Kier alpha value is -1.18. The van der Waals surface area contributed by atoms with Crippen LogP contribution in [-0.2, 0) is 11.3 Å². The Morgan fingerprint density at radius 3 is 2.62 bits per heavy atom. The summed E-state index contributed by atoms with van der Waals surface area (Å²) >= 11 is 4.67. The average Bonchev–Trinajstić information content (AvgIpc) is 3.34. The number of fused-ring (bicyclic) bond motifs is 1. The minimum absolute atomic E-state index is 0.0562. The number of halogens is 1. The van der Waals surface area contributed by atoms with E-state index >= 15 is 0 Å². The molecule has 29 heavy (non-hydrogen) atoms. The Balaban J connectivity index is 1.24. The Morgan fingerprint density at radius 1 is 1.10 bits per heavy atom. The highest BCUT2D eigenvalue weighted by atomic mass is 79.9. The maximum atomic E-state index is 12.8. The molecular formula is C22H30BrN3O2S. The van der Waals surface area contributed by atoms with E-state index in [9.17, 15) is 9.59 Å². The van der Waals surface area contributed by atoms with Crippen molar-refractivity contribution in [2.45, 2.75) is 51.5 Å². The molecule has 3 heterocycles. The monoisotopic (exact) mass is 479 g/mol. The highest BCUT2D eigenvalue weighted by molar-refractivity contribution is 9.10. The molecule has 1 aromatic heterocycles. The molecule has 2 fully saturated rings. The van der Waals surface area contributed by atoms with Crippen molar-refractivity contribution in [3.05, 3.63) is 32.3 Å². The minimum atomic E-state index is -0.0562. The number of likely N-dealkylation sites (tertiary alicyclic amines) is 2. The zero-order chi connectivity index (χ0) is 20.2. The first-order valence-corrected chi connectivity index (χ1v) is 12.5. The summed E-state index contributed by atoms with van der Waals surface area (Å²) in [5.74, 6) is 0.817. The molecule has 0 bridgehead atoms. The van der Waals surface area contributed by atoms with Crippen molar-refractivity contribution in [2.24, 2.45) is 5.92 Å². The van der Waals surface area contributed by atoms with Crippen LogP contribution in [0, 0.1) is 5.92 Å². The fourth-order valence-corrected chi connectivity index (χ4v) is 5.89. The van der Waals surface area contributed by atoms with Crippen LogP contribution in [0.25, 0.3) is 10.2 Å². The van der Waals surface area contributed by atoms with E-state index in [4.69, 9.17) is 0 Å². The van der Waals surface area contributed by atoms with Crippen molar-refractivity contribution in [1.82, 2.24) is 14.4 Å². The van der Waals surface area contributed by atoms with Gasteiger partial charge in [-0.3, -0.25) is 14.2 Å². The number of carbonyl (C=O) groups excluding carboxylic acids is 1. The van der Waals surface area contributed by atoms with Crippen LogP contribution in [0.4, 0.5) is 0 Å². The number of nitrogens with zero attached hydrogens (tertiary/aromatic N) is 3. The Kier molecular flexibility index (Phi) is 7.08. The molecule has 158 valence electrons. The van der Waals surface area contributed by atoms with E-state index in [1.165, 1.54) is 63.1 Å². The van der Waals surface area contributed by atoms with Gasteiger partial charge in [0, 0.05) is 17.6 Å². The summed E-state index contributed by atoms with van der Waals surface area (Å²) in [6, 6.07) is 5.79. The van der Waals surface area contributed by atoms with Crippen molar-refractivity contribution >= 4 is 43.4 Å². The van der Waals surface area contributed by atoms with Gasteiger partial charge in [0.2, 0.25) is 5.91 Å². The van der Waals surface area contributed by atoms with E-state index in [-0.39, 0.29) is 17.3 Å². The van der Waals surface area contributed by atoms with Crippen molar-refractivity contribution < 1.29 is 4.79 Å². The van der Waals surface area contributed by atoms with Gasteiger partial charge in [0.1, 0.15) is 6.54 Å². The number of carbonyl (C=O) groups is 1. The maximum absolute atomic E-state index is 12.8. The Bertz CT molecular complexity index is 895. The summed E-state index contributed by atoms with van der Waals surface area (Å²) in [6.07, 6.45) is 8.84. The van der Waals surface area contributed by atoms with Gasteiger partial charge in [-0.05, 0) is 75.9 Å². The second kappa shape index (κ2) is 9.75. The smallest absolute Gasteiger partial charge is 0.308 e. The molecule has 2 aliphatic rings. The van der Waals surface area contributed by atoms with Crippen LogP contribution in [0.5, 0.6) is 0 Å². The molecule has 0 spiro atoms. The van der Waals surface area contributed by atoms with E-state index < -0.39 is 0 Å². The normalized spacial score (nSPS) is 18.7. The van der Waals surface area contributed by atoms with Gasteiger partial charge in [-0.15, -0.1) is 0 Å². The van der Waals surface area contributed by atoms with Crippen LogP contribution >= 0.6 is 27.3 Å². The van der Waals surface area contributed by atoms with E-state index in [1.54, 1.807) is 4.57 Å². The molecule has 0 saturated carbocycles. The molecular weight excluding hydrogens is 450 g/mol. The molecule has 2 aliphatic heterocycles. The van der Waals surface area contributed by atoms with Crippen LogP contribution in [0.15, 0.2) is 27.5 Å². The topological polar surface area (TPSA) is 45.6 Å². The fraction of sp³-hybridized carbons (Fsp3) is 0.636. The molecule has 0 atom stereocenters. The first-order chi connectivity index (χ1) is 14.1. The molecule has 5 nitrogen and oxygen atoms in total. The second-order valence-corrected chi connectivity index (χ2v) is 10.3. The van der Waals surface area contributed by atoms with E-state index in [0.29, 0.717) is 0 Å². The van der Waals surface area contributed by atoms with Crippen molar-refractivity contribution in [3.63, 3.8) is 0 Å². The molecule has 0 N–H and O–H groups in total. The number of hydrogen-bond donors (Lipinski definition) is 0. The fourth-order valence-electron chi connectivity index (χ4n) is 4.67. The molecule has 1 aromatic carbocycles. The molecule has 2 saturated heterocycles. The maximum Gasteiger partial charge on any atom is 0.308 e. The zero-order valence-electron chi connectivity index (χ0n) is 16.9. The molecule has 0 aliphatic carbocycles. The summed E-state index contributed by atoms with van der Waals surface area (Å²) in [6.45, 7) is 5.65. The van der Waals surface area contributed by atoms with Gasteiger partial charge in [0.25, 0.3) is 0 Å². The summed E-state index contributed by atoms with van der Waals surface area (Å²) < 4.78 is 3.48. The SMILES string of the molecule is O=C(Cn1c(=O)sc2ccc(Br)cc21)N1CCC(CCCCN2CCCC2)CC1. The lowest BCUT2D eigenvalue weighted by Crippen LogP contribution is -2.41. The predicted molar refractivity (Wildman–Crippen MR) is 123 cm³/mol. The molecule has 1 amide bonds. The Labute approximate surface area is 184 Å². The largest absolute Gasteiger partial charge is 0.341 e. The van der Waals surface area contributed by atoms with Crippen molar-refractivity contribution in [2.75, 3.05) is 32.7 Å². The summed E-state index contributed by atoms with van der Waals surface area (Å²) in [4.78, 5) is 29.7. The van der Waals surface area contributed by atoms with Crippen LogP contribution in [-0.4, -0.2) is 53.0 Å². The number of hydrogen-bond acceptors (Lipinski definition) is 4. The number of unbranched alkanes of at least 4 members (excludes halogenated alkanes) is 1. The first-order valence-electron chi connectivity index (χ1n) is 10.9.